The number of hydrogen-bond acceptors (Lipinski definition) is 2. The molecule has 0 aliphatic heterocycles. The van der Waals surface area contributed by atoms with Crippen LogP contribution in [0.1, 0.15) is 50.7 Å². The molecule has 0 saturated carbocycles. The number of pyridine rings is 1. The molecule has 0 aliphatic carbocycles. The van der Waals surface area contributed by atoms with E-state index >= 15 is 0 Å². The second-order valence-electron chi connectivity index (χ2n) is 7.70. The third-order valence-electron chi connectivity index (χ3n) is 5.13. The molecule has 0 unspecified atom stereocenters. The first-order valence-electron chi connectivity index (χ1n) is 9.70. The van der Waals surface area contributed by atoms with Crippen molar-refractivity contribution in [3.63, 3.8) is 0 Å². The zero-order valence-corrected chi connectivity index (χ0v) is 16.6. The fourth-order valence-electron chi connectivity index (χ4n) is 3.76. The van der Waals surface area contributed by atoms with Gasteiger partial charge in [-0.2, -0.15) is 4.39 Å². The fourth-order valence-corrected chi connectivity index (χ4v) is 3.76. The number of fused-ring (bicyclic) bond motifs is 1. The SMILES string of the molecule is CC(C)c1cccc(C(C)C)c1-n1c(-c2cccnc2F)nc2ccccc21. The Morgan fingerprint density at radius 1 is 0.821 bits per heavy atom. The van der Waals surface area contributed by atoms with Crippen LogP contribution in [0.3, 0.4) is 0 Å². The second-order valence-corrected chi connectivity index (χ2v) is 7.70. The number of halogens is 1. The number of para-hydroxylation sites is 3. The first-order chi connectivity index (χ1) is 13.5. The monoisotopic (exact) mass is 373 g/mol. The van der Waals surface area contributed by atoms with E-state index in [9.17, 15) is 4.39 Å². The summed E-state index contributed by atoms with van der Waals surface area (Å²) in [7, 11) is 0. The van der Waals surface area contributed by atoms with Crippen molar-refractivity contribution in [1.82, 2.24) is 14.5 Å². The van der Waals surface area contributed by atoms with Crippen LogP contribution < -0.4 is 0 Å². The summed E-state index contributed by atoms with van der Waals surface area (Å²) in [5.41, 5.74) is 5.76. The van der Waals surface area contributed by atoms with Crippen molar-refractivity contribution >= 4 is 11.0 Å². The van der Waals surface area contributed by atoms with Crippen LogP contribution in [0.5, 0.6) is 0 Å². The summed E-state index contributed by atoms with van der Waals surface area (Å²) in [6.07, 6.45) is 1.47. The molecule has 0 N–H and O–H groups in total. The van der Waals surface area contributed by atoms with Gasteiger partial charge in [-0.05, 0) is 47.2 Å². The summed E-state index contributed by atoms with van der Waals surface area (Å²) < 4.78 is 16.8. The van der Waals surface area contributed by atoms with Gasteiger partial charge in [0.05, 0.1) is 22.3 Å². The number of rotatable bonds is 4. The van der Waals surface area contributed by atoms with E-state index in [0.29, 0.717) is 23.2 Å². The van der Waals surface area contributed by atoms with Gasteiger partial charge >= 0.3 is 0 Å². The standard InChI is InChI=1S/C24H24FN3/c1-15(2)17-9-7-10-18(16(3)4)22(17)28-21-13-6-5-12-20(21)27-24(28)19-11-8-14-26-23(19)25/h5-16H,1-4H3. The van der Waals surface area contributed by atoms with Crippen LogP contribution in [0.25, 0.3) is 28.1 Å². The van der Waals surface area contributed by atoms with Crippen molar-refractivity contribution in [3.05, 3.63) is 77.9 Å². The number of aromatic nitrogens is 3. The van der Waals surface area contributed by atoms with Gasteiger partial charge in [-0.15, -0.1) is 0 Å². The molecule has 0 aliphatic rings. The molecule has 4 aromatic rings. The lowest BCUT2D eigenvalue weighted by Crippen LogP contribution is -2.09. The van der Waals surface area contributed by atoms with Crippen LogP contribution in [-0.2, 0) is 0 Å². The van der Waals surface area contributed by atoms with Crippen molar-refractivity contribution in [2.75, 3.05) is 0 Å². The molecule has 0 bridgehead atoms. The minimum atomic E-state index is -0.507. The maximum atomic E-state index is 14.7. The lowest BCUT2D eigenvalue weighted by molar-refractivity contribution is 0.586. The van der Waals surface area contributed by atoms with Gasteiger partial charge in [0.15, 0.2) is 0 Å². The summed E-state index contributed by atoms with van der Waals surface area (Å²) in [5.74, 6) is 0.719. The predicted octanol–water partition coefficient (Wildman–Crippen LogP) is 6.47. The van der Waals surface area contributed by atoms with Crippen molar-refractivity contribution in [1.29, 1.82) is 0 Å². The van der Waals surface area contributed by atoms with Gasteiger partial charge in [0.2, 0.25) is 5.95 Å². The highest BCUT2D eigenvalue weighted by atomic mass is 19.1. The van der Waals surface area contributed by atoms with Gasteiger partial charge in [-0.1, -0.05) is 58.0 Å². The topological polar surface area (TPSA) is 30.7 Å². The summed E-state index contributed by atoms with van der Waals surface area (Å²) in [6, 6.07) is 17.9. The Balaban J connectivity index is 2.16. The Kier molecular flexibility index (Phi) is 4.71. The third kappa shape index (κ3) is 2.99. The molecule has 2 heterocycles. The van der Waals surface area contributed by atoms with E-state index in [1.165, 1.54) is 17.3 Å². The molecule has 0 fully saturated rings. The Bertz CT molecular complexity index is 1120. The molecule has 0 atom stereocenters. The molecular formula is C24H24FN3. The van der Waals surface area contributed by atoms with E-state index in [4.69, 9.17) is 4.98 Å². The molecule has 0 radical (unpaired) electrons. The fraction of sp³-hybridized carbons (Fsp3) is 0.250. The number of nitrogens with zero attached hydrogens (tertiary/aromatic N) is 3. The highest BCUT2D eigenvalue weighted by Gasteiger charge is 2.23. The minimum absolute atomic E-state index is 0.321. The summed E-state index contributed by atoms with van der Waals surface area (Å²) in [4.78, 5) is 8.66. The quantitative estimate of drug-likeness (QED) is 0.384. The van der Waals surface area contributed by atoms with E-state index in [1.807, 2.05) is 24.3 Å². The normalized spacial score (nSPS) is 11.7. The van der Waals surface area contributed by atoms with Gasteiger partial charge in [0, 0.05) is 6.20 Å². The average molecular weight is 373 g/mol. The molecule has 2 aromatic carbocycles. The Morgan fingerprint density at radius 3 is 2.14 bits per heavy atom. The highest BCUT2D eigenvalue weighted by molar-refractivity contribution is 5.84. The molecule has 0 spiro atoms. The van der Waals surface area contributed by atoms with E-state index in [-0.39, 0.29) is 0 Å². The van der Waals surface area contributed by atoms with Crippen molar-refractivity contribution in [2.45, 2.75) is 39.5 Å². The maximum absolute atomic E-state index is 14.7. The van der Waals surface area contributed by atoms with E-state index in [1.54, 1.807) is 12.1 Å². The van der Waals surface area contributed by atoms with Gasteiger partial charge in [0.1, 0.15) is 5.82 Å². The lowest BCUT2D eigenvalue weighted by atomic mass is 9.92. The molecule has 3 nitrogen and oxygen atoms in total. The van der Waals surface area contributed by atoms with E-state index in [0.717, 1.165) is 16.7 Å². The molecule has 2 aromatic heterocycles. The number of hydrogen-bond donors (Lipinski definition) is 0. The zero-order valence-electron chi connectivity index (χ0n) is 16.6. The Labute approximate surface area is 164 Å². The molecule has 142 valence electrons. The highest BCUT2D eigenvalue weighted by Crippen LogP contribution is 2.37. The molecular weight excluding hydrogens is 349 g/mol. The van der Waals surface area contributed by atoms with Crippen LogP contribution in [-0.4, -0.2) is 14.5 Å². The van der Waals surface area contributed by atoms with E-state index < -0.39 is 5.95 Å². The van der Waals surface area contributed by atoms with Crippen LogP contribution in [0.15, 0.2) is 60.8 Å². The van der Waals surface area contributed by atoms with Gasteiger partial charge in [-0.25, -0.2) is 9.97 Å². The van der Waals surface area contributed by atoms with Crippen LogP contribution in [0.4, 0.5) is 4.39 Å². The maximum Gasteiger partial charge on any atom is 0.223 e. The first kappa shape index (κ1) is 18.4. The van der Waals surface area contributed by atoms with Gasteiger partial charge < -0.3 is 0 Å². The summed E-state index contributed by atoms with van der Waals surface area (Å²) in [6.45, 7) is 8.75. The van der Waals surface area contributed by atoms with Crippen LogP contribution >= 0.6 is 0 Å². The molecule has 28 heavy (non-hydrogen) atoms. The van der Waals surface area contributed by atoms with Crippen molar-refractivity contribution in [2.24, 2.45) is 0 Å². The van der Waals surface area contributed by atoms with Gasteiger partial charge in [-0.3, -0.25) is 4.57 Å². The predicted molar refractivity (Wildman–Crippen MR) is 112 cm³/mol. The zero-order chi connectivity index (χ0) is 19.8. The molecule has 4 rings (SSSR count). The number of benzene rings is 2. The third-order valence-corrected chi connectivity index (χ3v) is 5.13. The average Bonchev–Trinajstić information content (AvgIpc) is 3.06. The summed E-state index contributed by atoms with van der Waals surface area (Å²) >= 11 is 0. The summed E-state index contributed by atoms with van der Waals surface area (Å²) in [5, 5.41) is 0. The Hall–Kier alpha value is -3.01. The molecule has 4 heteroatoms. The van der Waals surface area contributed by atoms with Crippen molar-refractivity contribution < 1.29 is 4.39 Å². The smallest absolute Gasteiger partial charge is 0.223 e. The minimum Gasteiger partial charge on any atom is -0.292 e. The van der Waals surface area contributed by atoms with Gasteiger partial charge in [0.25, 0.3) is 0 Å². The Morgan fingerprint density at radius 2 is 1.50 bits per heavy atom. The largest absolute Gasteiger partial charge is 0.292 e. The first-order valence-corrected chi connectivity index (χ1v) is 9.70. The van der Waals surface area contributed by atoms with E-state index in [2.05, 4.69) is 55.4 Å². The van der Waals surface area contributed by atoms with Crippen molar-refractivity contribution in [3.8, 4) is 17.1 Å². The van der Waals surface area contributed by atoms with Crippen LogP contribution in [0, 0.1) is 5.95 Å². The molecule has 0 amide bonds. The molecule has 0 saturated heterocycles. The van der Waals surface area contributed by atoms with Crippen LogP contribution in [0.2, 0.25) is 0 Å². The lowest BCUT2D eigenvalue weighted by Gasteiger charge is -2.22. The second kappa shape index (κ2) is 7.19. The number of imidazole rings is 1.